The number of amides is 2. The molecular weight excluding hydrogens is 328 g/mol. The monoisotopic (exact) mass is 345 g/mol. The van der Waals surface area contributed by atoms with E-state index in [1.807, 2.05) is 0 Å². The van der Waals surface area contributed by atoms with Gasteiger partial charge in [-0.25, -0.2) is 8.78 Å². The second-order valence-electron chi connectivity index (χ2n) is 5.87. The van der Waals surface area contributed by atoms with Crippen LogP contribution in [0.5, 0.6) is 0 Å². The molecule has 0 spiro atoms. The van der Waals surface area contributed by atoms with E-state index in [-0.39, 0.29) is 11.1 Å². The topological polar surface area (TPSA) is 75.4 Å². The highest BCUT2D eigenvalue weighted by Crippen LogP contribution is 2.30. The smallest absolute Gasteiger partial charge is 0.255 e. The summed E-state index contributed by atoms with van der Waals surface area (Å²) in [6.07, 6.45) is 2.07. The number of hydrogen-bond donors (Lipinski definition) is 2. The minimum absolute atomic E-state index is 0.0178. The van der Waals surface area contributed by atoms with Gasteiger partial charge in [-0.3, -0.25) is 9.59 Å². The van der Waals surface area contributed by atoms with Gasteiger partial charge in [-0.2, -0.15) is 0 Å². The van der Waals surface area contributed by atoms with Gasteiger partial charge in [-0.15, -0.1) is 0 Å². The number of carbonyl (C=O) groups is 2. The van der Waals surface area contributed by atoms with E-state index in [0.717, 1.165) is 43.8 Å². The highest BCUT2D eigenvalue weighted by Gasteiger charge is 2.19. The molecule has 25 heavy (non-hydrogen) atoms. The van der Waals surface area contributed by atoms with Crippen LogP contribution in [0.2, 0.25) is 0 Å². The fourth-order valence-corrected chi connectivity index (χ4v) is 2.86. The molecule has 2 amide bonds. The van der Waals surface area contributed by atoms with Gasteiger partial charge in [0, 0.05) is 24.2 Å². The molecule has 1 aliphatic rings. The summed E-state index contributed by atoms with van der Waals surface area (Å²) in [5.74, 6) is -3.33. The lowest BCUT2D eigenvalue weighted by molar-refractivity contribution is 0.0996. The molecule has 1 aliphatic heterocycles. The van der Waals surface area contributed by atoms with E-state index in [4.69, 9.17) is 5.73 Å². The van der Waals surface area contributed by atoms with Crippen LogP contribution in [0.15, 0.2) is 36.4 Å². The fourth-order valence-electron chi connectivity index (χ4n) is 2.86. The average molecular weight is 345 g/mol. The van der Waals surface area contributed by atoms with Crippen molar-refractivity contribution in [1.29, 1.82) is 0 Å². The molecular formula is C18H17F2N3O2. The number of hydrogen-bond acceptors (Lipinski definition) is 3. The van der Waals surface area contributed by atoms with Crippen molar-refractivity contribution in [3.8, 4) is 0 Å². The minimum atomic E-state index is -1.10. The molecule has 1 heterocycles. The molecule has 1 saturated heterocycles. The van der Waals surface area contributed by atoms with E-state index in [1.165, 1.54) is 12.1 Å². The third-order valence-electron chi connectivity index (χ3n) is 4.16. The lowest BCUT2D eigenvalue weighted by Crippen LogP contribution is -2.22. The molecule has 0 aromatic heterocycles. The van der Waals surface area contributed by atoms with Crippen molar-refractivity contribution in [1.82, 2.24) is 0 Å². The maximum absolute atomic E-state index is 13.3. The van der Waals surface area contributed by atoms with Crippen LogP contribution in [0, 0.1) is 11.6 Å². The average Bonchev–Trinajstić information content (AvgIpc) is 3.11. The number of nitrogens with one attached hydrogen (secondary N) is 1. The molecule has 5 nitrogen and oxygen atoms in total. The molecule has 3 N–H and O–H groups in total. The maximum Gasteiger partial charge on any atom is 0.255 e. The van der Waals surface area contributed by atoms with Crippen LogP contribution in [-0.2, 0) is 0 Å². The first kappa shape index (κ1) is 16.9. The molecule has 0 saturated carbocycles. The standard InChI is InChI=1S/C18H17F2N3O2/c19-13-5-3-12(9-14(13)20)18(25)22-15-10-11(17(21)24)4-6-16(15)23-7-1-2-8-23/h3-6,9-10H,1-2,7-8H2,(H2,21,24)(H,22,25). The van der Waals surface area contributed by atoms with Crippen LogP contribution in [0.3, 0.4) is 0 Å². The maximum atomic E-state index is 13.3. The number of primary amides is 1. The van der Waals surface area contributed by atoms with Gasteiger partial charge in [0.1, 0.15) is 0 Å². The first-order valence-electron chi connectivity index (χ1n) is 7.91. The van der Waals surface area contributed by atoms with Crippen molar-refractivity contribution in [2.24, 2.45) is 5.73 Å². The third-order valence-corrected chi connectivity index (χ3v) is 4.16. The Morgan fingerprint density at radius 1 is 0.960 bits per heavy atom. The van der Waals surface area contributed by atoms with Gasteiger partial charge in [-0.1, -0.05) is 0 Å². The zero-order valence-corrected chi connectivity index (χ0v) is 13.4. The largest absolute Gasteiger partial charge is 0.370 e. The molecule has 3 rings (SSSR count). The summed E-state index contributed by atoms with van der Waals surface area (Å²) < 4.78 is 26.4. The summed E-state index contributed by atoms with van der Waals surface area (Å²) in [5, 5.41) is 2.67. The molecule has 0 unspecified atom stereocenters. The van der Waals surface area contributed by atoms with Crippen LogP contribution < -0.4 is 16.0 Å². The zero-order valence-electron chi connectivity index (χ0n) is 13.4. The molecule has 0 bridgehead atoms. The normalized spacial score (nSPS) is 13.8. The predicted molar refractivity (Wildman–Crippen MR) is 90.7 cm³/mol. The van der Waals surface area contributed by atoms with Gasteiger partial charge < -0.3 is 16.0 Å². The lowest BCUT2D eigenvalue weighted by Gasteiger charge is -2.22. The number of anilines is 2. The Morgan fingerprint density at radius 2 is 1.64 bits per heavy atom. The molecule has 0 aliphatic carbocycles. The second kappa shape index (κ2) is 6.88. The second-order valence-corrected chi connectivity index (χ2v) is 5.87. The number of halogens is 2. The molecule has 0 radical (unpaired) electrons. The summed E-state index contributed by atoms with van der Waals surface area (Å²) in [5.41, 5.74) is 6.72. The van der Waals surface area contributed by atoms with Gasteiger partial charge in [0.25, 0.3) is 5.91 Å². The molecule has 2 aromatic carbocycles. The van der Waals surface area contributed by atoms with Crippen LogP contribution in [0.4, 0.5) is 20.2 Å². The van der Waals surface area contributed by atoms with Crippen LogP contribution in [-0.4, -0.2) is 24.9 Å². The number of carbonyl (C=O) groups excluding carboxylic acids is 2. The molecule has 0 atom stereocenters. The van der Waals surface area contributed by atoms with E-state index in [0.29, 0.717) is 5.69 Å². The Labute approximate surface area is 143 Å². The van der Waals surface area contributed by atoms with Crippen LogP contribution in [0.1, 0.15) is 33.6 Å². The minimum Gasteiger partial charge on any atom is -0.370 e. The van der Waals surface area contributed by atoms with Crippen LogP contribution in [0.25, 0.3) is 0 Å². The van der Waals surface area contributed by atoms with Gasteiger partial charge in [0.15, 0.2) is 11.6 Å². The van der Waals surface area contributed by atoms with Gasteiger partial charge in [-0.05, 0) is 49.2 Å². The van der Waals surface area contributed by atoms with Crippen LogP contribution >= 0.6 is 0 Å². The number of rotatable bonds is 4. The Kier molecular flexibility index (Phi) is 4.65. The van der Waals surface area contributed by atoms with Gasteiger partial charge in [0.05, 0.1) is 11.4 Å². The van der Waals surface area contributed by atoms with E-state index in [9.17, 15) is 18.4 Å². The Hall–Kier alpha value is -2.96. The highest BCUT2D eigenvalue weighted by atomic mass is 19.2. The summed E-state index contributed by atoms with van der Waals surface area (Å²) in [7, 11) is 0. The van der Waals surface area contributed by atoms with Crippen molar-refractivity contribution in [2.75, 3.05) is 23.3 Å². The first-order chi connectivity index (χ1) is 12.0. The van der Waals surface area contributed by atoms with E-state index in [2.05, 4.69) is 10.2 Å². The Bertz CT molecular complexity index is 833. The third kappa shape index (κ3) is 3.60. The molecule has 2 aromatic rings. The molecule has 130 valence electrons. The Morgan fingerprint density at radius 3 is 2.28 bits per heavy atom. The highest BCUT2D eigenvalue weighted by molar-refractivity contribution is 6.07. The van der Waals surface area contributed by atoms with Gasteiger partial charge >= 0.3 is 0 Å². The van der Waals surface area contributed by atoms with E-state index >= 15 is 0 Å². The zero-order chi connectivity index (χ0) is 18.0. The van der Waals surface area contributed by atoms with Crippen molar-refractivity contribution >= 4 is 23.2 Å². The predicted octanol–water partition coefficient (Wildman–Crippen LogP) is 2.92. The Balaban J connectivity index is 1.93. The van der Waals surface area contributed by atoms with Crippen molar-refractivity contribution in [2.45, 2.75) is 12.8 Å². The van der Waals surface area contributed by atoms with Gasteiger partial charge in [0.2, 0.25) is 5.91 Å². The lowest BCUT2D eigenvalue weighted by atomic mass is 10.1. The number of benzene rings is 2. The first-order valence-corrected chi connectivity index (χ1v) is 7.91. The fraction of sp³-hybridized carbons (Fsp3) is 0.222. The molecule has 1 fully saturated rings. The molecule has 7 heteroatoms. The summed E-state index contributed by atoms with van der Waals surface area (Å²) >= 11 is 0. The number of nitrogens with zero attached hydrogens (tertiary/aromatic N) is 1. The van der Waals surface area contributed by atoms with E-state index in [1.54, 1.807) is 12.1 Å². The van der Waals surface area contributed by atoms with Crippen molar-refractivity contribution < 1.29 is 18.4 Å². The summed E-state index contributed by atoms with van der Waals surface area (Å²) in [6.45, 7) is 1.67. The SMILES string of the molecule is NC(=O)c1ccc(N2CCCC2)c(NC(=O)c2ccc(F)c(F)c2)c1. The number of nitrogens with two attached hydrogens (primary N) is 1. The van der Waals surface area contributed by atoms with E-state index < -0.39 is 23.4 Å². The summed E-state index contributed by atoms with van der Waals surface area (Å²) in [6, 6.07) is 7.74. The summed E-state index contributed by atoms with van der Waals surface area (Å²) in [4.78, 5) is 25.9. The van der Waals surface area contributed by atoms with Crippen molar-refractivity contribution in [3.63, 3.8) is 0 Å². The van der Waals surface area contributed by atoms with Crippen molar-refractivity contribution in [3.05, 3.63) is 59.2 Å². The quantitative estimate of drug-likeness (QED) is 0.895.